The second-order valence-electron chi connectivity index (χ2n) is 5.74. The van der Waals surface area contributed by atoms with E-state index in [1.165, 1.54) is 0 Å². The molecule has 5 atom stereocenters. The maximum absolute atomic E-state index is 11.9. The highest BCUT2D eigenvalue weighted by Gasteiger charge is 2.29. The molecule has 1 aliphatic carbocycles. The van der Waals surface area contributed by atoms with Crippen LogP contribution in [0.3, 0.4) is 0 Å². The fraction of sp³-hybridized carbons (Fsp3) is 0.929. The lowest BCUT2D eigenvalue weighted by Crippen LogP contribution is -2.41. The fourth-order valence-electron chi connectivity index (χ4n) is 2.33. The highest BCUT2D eigenvalue weighted by atomic mass is 16.5. The van der Waals surface area contributed by atoms with E-state index in [0.29, 0.717) is 5.92 Å². The van der Waals surface area contributed by atoms with Crippen LogP contribution >= 0.6 is 0 Å². The van der Waals surface area contributed by atoms with E-state index in [0.717, 1.165) is 31.6 Å². The normalized spacial score (nSPS) is 32.9. The zero-order valence-corrected chi connectivity index (χ0v) is 11.6. The minimum Gasteiger partial charge on any atom is -0.461 e. The molecule has 0 saturated heterocycles. The van der Waals surface area contributed by atoms with E-state index < -0.39 is 6.04 Å². The molecule has 1 fully saturated rings. The molecule has 5 unspecified atom stereocenters. The van der Waals surface area contributed by atoms with Crippen LogP contribution in [0.15, 0.2) is 0 Å². The summed E-state index contributed by atoms with van der Waals surface area (Å²) in [6.07, 6.45) is 4.13. The quantitative estimate of drug-likeness (QED) is 0.770. The molecule has 1 saturated carbocycles. The van der Waals surface area contributed by atoms with Crippen molar-refractivity contribution in [3.05, 3.63) is 0 Å². The summed E-state index contributed by atoms with van der Waals surface area (Å²) < 4.78 is 5.53. The molecule has 0 aromatic heterocycles. The Morgan fingerprint density at radius 3 is 2.53 bits per heavy atom. The number of hydrogen-bond donors (Lipinski definition) is 1. The van der Waals surface area contributed by atoms with Crippen LogP contribution in [0.2, 0.25) is 0 Å². The van der Waals surface area contributed by atoms with E-state index in [1.54, 1.807) is 0 Å². The van der Waals surface area contributed by atoms with Crippen LogP contribution in [0.1, 0.15) is 53.4 Å². The number of carbonyl (C=O) groups is 1. The molecule has 0 heterocycles. The summed E-state index contributed by atoms with van der Waals surface area (Å²) in [7, 11) is 0. The van der Waals surface area contributed by atoms with Crippen molar-refractivity contribution < 1.29 is 9.53 Å². The molecule has 0 aromatic rings. The summed E-state index contributed by atoms with van der Waals surface area (Å²) in [5.74, 6) is 1.36. The van der Waals surface area contributed by atoms with E-state index in [4.69, 9.17) is 10.5 Å². The lowest BCUT2D eigenvalue weighted by Gasteiger charge is -2.32. The molecule has 0 radical (unpaired) electrons. The van der Waals surface area contributed by atoms with Gasteiger partial charge in [0.25, 0.3) is 0 Å². The molecular formula is C14H27NO2. The first-order valence-electron chi connectivity index (χ1n) is 6.91. The third-order valence-corrected chi connectivity index (χ3v) is 4.36. The van der Waals surface area contributed by atoms with Crippen molar-refractivity contribution in [3.63, 3.8) is 0 Å². The van der Waals surface area contributed by atoms with Crippen molar-refractivity contribution >= 4 is 5.97 Å². The van der Waals surface area contributed by atoms with E-state index in [2.05, 4.69) is 13.8 Å². The molecule has 3 nitrogen and oxygen atoms in total. The molecule has 100 valence electrons. The SMILES string of the molecule is CCC(C)C(N)C(=O)OC1CCC(C)C(C)C1. The van der Waals surface area contributed by atoms with Gasteiger partial charge in [-0.3, -0.25) is 4.79 Å². The summed E-state index contributed by atoms with van der Waals surface area (Å²) in [6.45, 7) is 8.55. The minimum absolute atomic E-state index is 0.0869. The second kappa shape index (κ2) is 6.39. The van der Waals surface area contributed by atoms with E-state index in [1.807, 2.05) is 13.8 Å². The Balaban J connectivity index is 2.41. The molecule has 1 aliphatic rings. The van der Waals surface area contributed by atoms with Gasteiger partial charge in [0.2, 0.25) is 0 Å². The molecular weight excluding hydrogens is 214 g/mol. The largest absolute Gasteiger partial charge is 0.461 e. The molecule has 0 amide bonds. The van der Waals surface area contributed by atoms with Gasteiger partial charge in [-0.2, -0.15) is 0 Å². The highest BCUT2D eigenvalue weighted by molar-refractivity contribution is 5.76. The van der Waals surface area contributed by atoms with Gasteiger partial charge in [-0.1, -0.05) is 34.1 Å². The van der Waals surface area contributed by atoms with Gasteiger partial charge in [0.15, 0.2) is 0 Å². The van der Waals surface area contributed by atoms with Crippen LogP contribution in [-0.4, -0.2) is 18.1 Å². The van der Waals surface area contributed by atoms with Gasteiger partial charge in [0, 0.05) is 0 Å². The van der Waals surface area contributed by atoms with Crippen LogP contribution in [0.4, 0.5) is 0 Å². The highest BCUT2D eigenvalue weighted by Crippen LogP contribution is 2.31. The number of esters is 1. The predicted molar refractivity (Wildman–Crippen MR) is 69.5 cm³/mol. The Kier molecular flexibility index (Phi) is 5.44. The maximum Gasteiger partial charge on any atom is 0.323 e. The van der Waals surface area contributed by atoms with E-state index in [9.17, 15) is 4.79 Å². The van der Waals surface area contributed by atoms with Crippen molar-refractivity contribution in [1.29, 1.82) is 0 Å². The van der Waals surface area contributed by atoms with Gasteiger partial charge in [-0.05, 0) is 37.0 Å². The van der Waals surface area contributed by atoms with Crippen molar-refractivity contribution in [3.8, 4) is 0 Å². The third-order valence-electron chi connectivity index (χ3n) is 4.36. The van der Waals surface area contributed by atoms with Crippen LogP contribution in [0.5, 0.6) is 0 Å². The molecule has 1 rings (SSSR count). The number of carbonyl (C=O) groups excluding carboxylic acids is 1. The summed E-state index contributed by atoms with van der Waals surface area (Å²) >= 11 is 0. The van der Waals surface area contributed by atoms with Gasteiger partial charge in [0.05, 0.1) is 0 Å². The van der Waals surface area contributed by atoms with Gasteiger partial charge in [-0.15, -0.1) is 0 Å². The first-order chi connectivity index (χ1) is 7.95. The monoisotopic (exact) mass is 241 g/mol. The average molecular weight is 241 g/mol. The predicted octanol–water partition coefficient (Wildman–Crippen LogP) is 2.73. The number of rotatable bonds is 4. The second-order valence-corrected chi connectivity index (χ2v) is 5.74. The lowest BCUT2D eigenvalue weighted by atomic mass is 9.80. The Morgan fingerprint density at radius 1 is 1.35 bits per heavy atom. The summed E-state index contributed by atoms with van der Waals surface area (Å²) in [6, 6.07) is -0.463. The van der Waals surface area contributed by atoms with Gasteiger partial charge in [-0.25, -0.2) is 0 Å². The van der Waals surface area contributed by atoms with Crippen molar-refractivity contribution in [2.45, 2.75) is 65.5 Å². The van der Waals surface area contributed by atoms with Crippen molar-refractivity contribution in [2.75, 3.05) is 0 Å². The number of hydrogen-bond acceptors (Lipinski definition) is 3. The lowest BCUT2D eigenvalue weighted by molar-refractivity contribution is -0.154. The molecule has 3 heteroatoms. The Morgan fingerprint density at radius 2 is 2.00 bits per heavy atom. The van der Waals surface area contributed by atoms with Crippen LogP contribution in [0.25, 0.3) is 0 Å². The Hall–Kier alpha value is -0.570. The zero-order valence-electron chi connectivity index (χ0n) is 11.6. The zero-order chi connectivity index (χ0) is 13.0. The standard InChI is InChI=1S/C14H27NO2/c1-5-9(2)13(15)14(16)17-12-7-6-10(3)11(4)8-12/h9-13H,5-8,15H2,1-4H3. The molecule has 17 heavy (non-hydrogen) atoms. The number of nitrogens with two attached hydrogens (primary N) is 1. The van der Waals surface area contributed by atoms with E-state index >= 15 is 0 Å². The smallest absolute Gasteiger partial charge is 0.323 e. The van der Waals surface area contributed by atoms with Gasteiger partial charge in [0.1, 0.15) is 12.1 Å². The first kappa shape index (κ1) is 14.5. The van der Waals surface area contributed by atoms with Crippen LogP contribution in [0, 0.1) is 17.8 Å². The van der Waals surface area contributed by atoms with E-state index in [-0.39, 0.29) is 18.0 Å². The molecule has 0 aliphatic heterocycles. The third kappa shape index (κ3) is 3.98. The summed E-state index contributed by atoms with van der Waals surface area (Å²) in [5.41, 5.74) is 5.88. The van der Waals surface area contributed by atoms with Crippen molar-refractivity contribution in [1.82, 2.24) is 0 Å². The summed E-state index contributed by atoms with van der Waals surface area (Å²) in [5, 5.41) is 0. The Labute approximate surface area is 105 Å². The van der Waals surface area contributed by atoms with Crippen LogP contribution in [-0.2, 0) is 9.53 Å². The molecule has 2 N–H and O–H groups in total. The summed E-state index contributed by atoms with van der Waals surface area (Å²) in [4.78, 5) is 11.9. The van der Waals surface area contributed by atoms with Crippen molar-refractivity contribution in [2.24, 2.45) is 23.5 Å². The van der Waals surface area contributed by atoms with Gasteiger partial charge >= 0.3 is 5.97 Å². The topological polar surface area (TPSA) is 52.3 Å². The first-order valence-corrected chi connectivity index (χ1v) is 6.91. The number of ether oxygens (including phenoxy) is 1. The average Bonchev–Trinajstić information content (AvgIpc) is 2.31. The Bertz CT molecular complexity index is 255. The minimum atomic E-state index is -0.463. The molecule has 0 aromatic carbocycles. The fourth-order valence-corrected chi connectivity index (χ4v) is 2.33. The molecule has 0 bridgehead atoms. The van der Waals surface area contributed by atoms with Gasteiger partial charge < -0.3 is 10.5 Å². The van der Waals surface area contributed by atoms with Crippen LogP contribution < -0.4 is 5.73 Å². The molecule has 0 spiro atoms. The maximum atomic E-state index is 11.9.